The van der Waals surface area contributed by atoms with Crippen molar-refractivity contribution in [2.45, 2.75) is 13.5 Å². The van der Waals surface area contributed by atoms with Crippen molar-refractivity contribution < 1.29 is 19.4 Å². The molecule has 1 rings (SSSR count). The first kappa shape index (κ1) is 16.0. The zero-order chi connectivity index (χ0) is 14.8. The molecule has 0 aliphatic carbocycles. The molecule has 1 aromatic carbocycles. The van der Waals surface area contributed by atoms with Gasteiger partial charge in [-0.3, -0.25) is 4.79 Å². The van der Waals surface area contributed by atoms with Crippen LogP contribution in [0.1, 0.15) is 12.5 Å². The van der Waals surface area contributed by atoms with Crippen LogP contribution in [0.5, 0.6) is 0 Å². The number of nitrogens with one attached hydrogen (secondary N) is 1. The van der Waals surface area contributed by atoms with E-state index in [0.717, 1.165) is 5.56 Å². The third kappa shape index (κ3) is 6.19. The molecule has 6 heteroatoms. The number of nitrogens with zero attached hydrogens (tertiary/aromatic N) is 1. The number of hydrogen-bond donors (Lipinski definition) is 2. The Bertz CT molecular complexity index is 422. The summed E-state index contributed by atoms with van der Waals surface area (Å²) < 4.78 is 5.20. The number of hydrogen-bond acceptors (Lipinski definition) is 4. The van der Waals surface area contributed by atoms with Crippen molar-refractivity contribution in [1.29, 1.82) is 0 Å². The number of ether oxygens (including phenoxy) is 1. The van der Waals surface area contributed by atoms with Crippen LogP contribution in [0.25, 0.3) is 0 Å². The van der Waals surface area contributed by atoms with E-state index in [2.05, 4.69) is 5.32 Å². The van der Waals surface area contributed by atoms with Gasteiger partial charge in [0.1, 0.15) is 6.61 Å². The summed E-state index contributed by atoms with van der Waals surface area (Å²) in [7, 11) is 0. The van der Waals surface area contributed by atoms with Crippen molar-refractivity contribution in [3.63, 3.8) is 0 Å². The monoisotopic (exact) mass is 280 g/mol. The Balaban J connectivity index is 2.29. The Hall–Kier alpha value is -2.08. The zero-order valence-corrected chi connectivity index (χ0v) is 11.5. The average molecular weight is 280 g/mol. The number of carboxylic acid groups (broad SMARTS) is 1. The van der Waals surface area contributed by atoms with E-state index in [0.29, 0.717) is 19.6 Å². The first-order chi connectivity index (χ1) is 9.63. The van der Waals surface area contributed by atoms with Gasteiger partial charge in [0.2, 0.25) is 0 Å². The van der Waals surface area contributed by atoms with Crippen LogP contribution in [0.2, 0.25) is 0 Å². The van der Waals surface area contributed by atoms with E-state index in [1.807, 2.05) is 37.3 Å². The van der Waals surface area contributed by atoms with Crippen LogP contribution >= 0.6 is 0 Å². The van der Waals surface area contributed by atoms with Crippen LogP contribution in [0.4, 0.5) is 4.79 Å². The summed E-state index contributed by atoms with van der Waals surface area (Å²) in [5.41, 5.74) is 0.931. The molecular formula is C14H20N2O4. The number of aliphatic carboxylic acids is 1. The van der Waals surface area contributed by atoms with Crippen LogP contribution in [-0.4, -0.2) is 48.2 Å². The Morgan fingerprint density at radius 3 is 2.60 bits per heavy atom. The maximum atomic E-state index is 11.8. The lowest BCUT2D eigenvalue weighted by Gasteiger charge is -2.20. The molecule has 1 amide bonds. The minimum atomic E-state index is -0.917. The lowest BCUT2D eigenvalue weighted by Crippen LogP contribution is -2.38. The van der Waals surface area contributed by atoms with Gasteiger partial charge in [0.05, 0.1) is 6.54 Å². The van der Waals surface area contributed by atoms with Crippen LogP contribution in [0.15, 0.2) is 30.3 Å². The summed E-state index contributed by atoms with van der Waals surface area (Å²) >= 11 is 0. The molecule has 0 radical (unpaired) electrons. The molecule has 0 saturated heterocycles. The third-order valence-electron chi connectivity index (χ3n) is 2.68. The molecule has 0 unspecified atom stereocenters. The Morgan fingerprint density at radius 1 is 1.30 bits per heavy atom. The van der Waals surface area contributed by atoms with Crippen molar-refractivity contribution in [2.24, 2.45) is 0 Å². The molecule has 0 fully saturated rings. The molecule has 0 aromatic heterocycles. The lowest BCUT2D eigenvalue weighted by molar-refractivity contribution is -0.135. The summed E-state index contributed by atoms with van der Waals surface area (Å²) in [6, 6.07) is 9.45. The number of carboxylic acids is 1. The fraction of sp³-hybridized carbons (Fsp3) is 0.429. The number of benzene rings is 1. The second kappa shape index (κ2) is 8.92. The van der Waals surface area contributed by atoms with Gasteiger partial charge in [-0.25, -0.2) is 4.79 Å². The number of likely N-dealkylation sites (N-methyl/N-ethyl adjacent to an activating group) is 1. The van der Waals surface area contributed by atoms with Gasteiger partial charge in [-0.05, 0) is 12.5 Å². The molecule has 1 aromatic rings. The minimum absolute atomic E-state index is 0.114. The highest BCUT2D eigenvalue weighted by Crippen LogP contribution is 2.03. The third-order valence-corrected chi connectivity index (χ3v) is 2.68. The fourth-order valence-corrected chi connectivity index (χ4v) is 1.60. The van der Waals surface area contributed by atoms with Crippen molar-refractivity contribution in [3.8, 4) is 0 Å². The zero-order valence-electron chi connectivity index (χ0n) is 11.5. The van der Waals surface area contributed by atoms with Gasteiger partial charge in [0.15, 0.2) is 0 Å². The van der Waals surface area contributed by atoms with Gasteiger partial charge in [0, 0.05) is 19.6 Å². The summed E-state index contributed by atoms with van der Waals surface area (Å²) in [4.78, 5) is 23.7. The maximum Gasteiger partial charge on any atom is 0.410 e. The Labute approximate surface area is 118 Å². The molecule has 20 heavy (non-hydrogen) atoms. The summed E-state index contributed by atoms with van der Waals surface area (Å²) in [5.74, 6) is -0.917. The Kier molecular flexibility index (Phi) is 7.13. The molecule has 6 nitrogen and oxygen atoms in total. The largest absolute Gasteiger partial charge is 0.480 e. The van der Waals surface area contributed by atoms with Crippen molar-refractivity contribution in [3.05, 3.63) is 35.9 Å². The van der Waals surface area contributed by atoms with Gasteiger partial charge in [0.25, 0.3) is 0 Å². The first-order valence-corrected chi connectivity index (χ1v) is 6.51. The van der Waals surface area contributed by atoms with Gasteiger partial charge < -0.3 is 20.1 Å². The molecule has 0 atom stereocenters. The van der Waals surface area contributed by atoms with E-state index < -0.39 is 12.1 Å². The molecule has 2 N–H and O–H groups in total. The summed E-state index contributed by atoms with van der Waals surface area (Å²) in [6.07, 6.45) is -0.395. The van der Waals surface area contributed by atoms with Crippen LogP contribution in [0, 0.1) is 0 Å². The quantitative estimate of drug-likeness (QED) is 0.702. The van der Waals surface area contributed by atoms with Crippen molar-refractivity contribution in [2.75, 3.05) is 26.2 Å². The fourth-order valence-electron chi connectivity index (χ4n) is 1.60. The van der Waals surface area contributed by atoms with E-state index in [-0.39, 0.29) is 13.2 Å². The smallest absolute Gasteiger partial charge is 0.410 e. The van der Waals surface area contributed by atoms with Crippen LogP contribution in [-0.2, 0) is 16.1 Å². The van der Waals surface area contributed by atoms with E-state index >= 15 is 0 Å². The normalized spacial score (nSPS) is 10.1. The predicted octanol–water partition coefficient (Wildman–Crippen LogP) is 1.32. The van der Waals surface area contributed by atoms with Crippen LogP contribution < -0.4 is 5.32 Å². The molecule has 0 spiro atoms. The molecule has 110 valence electrons. The van der Waals surface area contributed by atoms with Crippen molar-refractivity contribution >= 4 is 12.1 Å². The average Bonchev–Trinajstić information content (AvgIpc) is 2.45. The molecular weight excluding hydrogens is 260 g/mol. The number of amides is 1. The summed E-state index contributed by atoms with van der Waals surface area (Å²) in [5, 5.41) is 11.2. The number of carbonyl (C=O) groups excluding carboxylic acids is 1. The van der Waals surface area contributed by atoms with Gasteiger partial charge >= 0.3 is 12.1 Å². The highest BCUT2D eigenvalue weighted by Gasteiger charge is 2.12. The van der Waals surface area contributed by atoms with E-state index in [4.69, 9.17) is 9.84 Å². The molecule has 0 bridgehead atoms. The van der Waals surface area contributed by atoms with E-state index in [9.17, 15) is 9.59 Å². The number of carbonyl (C=O) groups is 2. The van der Waals surface area contributed by atoms with Gasteiger partial charge in [-0.1, -0.05) is 30.3 Å². The van der Waals surface area contributed by atoms with Crippen molar-refractivity contribution in [1.82, 2.24) is 10.2 Å². The molecule has 0 saturated carbocycles. The van der Waals surface area contributed by atoms with Gasteiger partial charge in [-0.15, -0.1) is 0 Å². The lowest BCUT2D eigenvalue weighted by atomic mass is 10.2. The summed E-state index contributed by atoms with van der Waals surface area (Å²) in [6.45, 7) is 3.32. The standard InChI is InChI=1S/C14H20N2O4/c1-2-16(9-8-15-10-13(17)18)14(19)20-11-12-6-4-3-5-7-12/h3-7,15H,2,8-11H2,1H3,(H,17,18). The first-order valence-electron chi connectivity index (χ1n) is 6.51. The minimum Gasteiger partial charge on any atom is -0.480 e. The predicted molar refractivity (Wildman–Crippen MR) is 74.4 cm³/mol. The molecule has 0 aliphatic heterocycles. The Morgan fingerprint density at radius 2 is 2.00 bits per heavy atom. The highest BCUT2D eigenvalue weighted by atomic mass is 16.6. The maximum absolute atomic E-state index is 11.8. The second-order valence-electron chi connectivity index (χ2n) is 4.19. The van der Waals surface area contributed by atoms with Crippen LogP contribution in [0.3, 0.4) is 0 Å². The number of rotatable bonds is 8. The molecule has 0 aliphatic rings. The highest BCUT2D eigenvalue weighted by molar-refractivity contribution is 5.69. The SMILES string of the molecule is CCN(CCNCC(=O)O)C(=O)OCc1ccccc1. The van der Waals surface area contributed by atoms with E-state index in [1.54, 1.807) is 0 Å². The molecule has 0 heterocycles. The van der Waals surface area contributed by atoms with Gasteiger partial charge in [-0.2, -0.15) is 0 Å². The topological polar surface area (TPSA) is 78.9 Å². The van der Waals surface area contributed by atoms with E-state index in [1.165, 1.54) is 4.90 Å². The second-order valence-corrected chi connectivity index (χ2v) is 4.19.